The molecule has 19 heavy (non-hydrogen) atoms. The third-order valence-corrected chi connectivity index (χ3v) is 3.58. The van der Waals surface area contributed by atoms with Gasteiger partial charge in [-0.25, -0.2) is 0 Å². The molecule has 0 spiro atoms. The predicted molar refractivity (Wildman–Crippen MR) is 69.6 cm³/mol. The summed E-state index contributed by atoms with van der Waals surface area (Å²) >= 11 is 0. The number of carbonyl (C=O) groups excluding carboxylic acids is 1. The maximum absolute atomic E-state index is 12.6. The molecule has 0 aliphatic carbocycles. The molecule has 0 aromatic heterocycles. The lowest BCUT2D eigenvalue weighted by molar-refractivity contribution is -0.168. The molecule has 0 saturated heterocycles. The van der Waals surface area contributed by atoms with Gasteiger partial charge < -0.3 is 10.6 Å². The van der Waals surface area contributed by atoms with Crippen molar-refractivity contribution >= 4 is 5.91 Å². The summed E-state index contributed by atoms with van der Waals surface area (Å²) in [5, 5.41) is 0. The van der Waals surface area contributed by atoms with Crippen LogP contribution >= 0.6 is 0 Å². The number of unbranched alkanes of at least 4 members (excludes halogenated alkanes) is 1. The maximum Gasteiger partial charge on any atom is 0.406 e. The monoisotopic (exact) mass is 282 g/mol. The predicted octanol–water partition coefficient (Wildman–Crippen LogP) is 2.94. The Morgan fingerprint density at radius 1 is 1.16 bits per heavy atom. The summed E-state index contributed by atoms with van der Waals surface area (Å²) in [5.74, 6) is -0.550. The van der Waals surface area contributed by atoms with Gasteiger partial charge in [-0.2, -0.15) is 13.2 Å². The fourth-order valence-electron chi connectivity index (χ4n) is 1.49. The van der Waals surface area contributed by atoms with Gasteiger partial charge >= 0.3 is 6.18 Å². The van der Waals surface area contributed by atoms with E-state index in [2.05, 4.69) is 0 Å². The first-order chi connectivity index (χ1) is 8.33. The van der Waals surface area contributed by atoms with Gasteiger partial charge in [-0.3, -0.25) is 4.79 Å². The maximum atomic E-state index is 12.6. The Labute approximate surface area is 113 Å². The van der Waals surface area contributed by atoms with E-state index in [1.165, 1.54) is 0 Å². The first-order valence-electron chi connectivity index (χ1n) is 6.48. The second-order valence-corrected chi connectivity index (χ2v) is 6.04. The lowest BCUT2D eigenvalue weighted by Gasteiger charge is -2.41. The number of nitrogens with zero attached hydrogens (tertiary/aromatic N) is 1. The Balaban J connectivity index is 5.10. The molecule has 6 heteroatoms. The summed E-state index contributed by atoms with van der Waals surface area (Å²) in [4.78, 5) is 13.2. The van der Waals surface area contributed by atoms with Crippen molar-refractivity contribution in [3.8, 4) is 0 Å². The molecule has 0 fully saturated rings. The van der Waals surface area contributed by atoms with Gasteiger partial charge in [0, 0.05) is 12.1 Å². The van der Waals surface area contributed by atoms with Gasteiger partial charge in [-0.1, -0.05) is 13.3 Å². The molecule has 0 aliphatic rings. The average Bonchev–Trinajstić information content (AvgIpc) is 2.19. The van der Waals surface area contributed by atoms with E-state index in [9.17, 15) is 18.0 Å². The minimum absolute atomic E-state index is 0.106. The Morgan fingerprint density at radius 2 is 1.63 bits per heavy atom. The van der Waals surface area contributed by atoms with Crippen LogP contribution < -0.4 is 5.73 Å². The first-order valence-corrected chi connectivity index (χ1v) is 6.48. The van der Waals surface area contributed by atoms with E-state index in [1.807, 2.05) is 6.92 Å². The van der Waals surface area contributed by atoms with E-state index in [0.717, 1.165) is 11.3 Å². The fraction of sp³-hybridized carbons (Fsp3) is 0.923. The Morgan fingerprint density at radius 3 is 1.95 bits per heavy atom. The summed E-state index contributed by atoms with van der Waals surface area (Å²) in [5.41, 5.74) is 3.98. The lowest BCUT2D eigenvalue weighted by atomic mass is 9.74. The third kappa shape index (κ3) is 5.38. The van der Waals surface area contributed by atoms with Crippen molar-refractivity contribution in [2.75, 3.05) is 13.1 Å². The highest BCUT2D eigenvalue weighted by Gasteiger charge is 2.45. The van der Waals surface area contributed by atoms with E-state index in [4.69, 9.17) is 5.73 Å². The minimum Gasteiger partial charge on any atom is -0.333 e. The molecule has 0 unspecified atom stereocenters. The average molecular weight is 282 g/mol. The first kappa shape index (κ1) is 18.2. The second-order valence-electron chi connectivity index (χ2n) is 6.04. The molecule has 0 atom stereocenters. The van der Waals surface area contributed by atoms with Gasteiger partial charge in [0.05, 0.1) is 5.41 Å². The summed E-state index contributed by atoms with van der Waals surface area (Å²) < 4.78 is 37.7. The third-order valence-electron chi connectivity index (χ3n) is 3.58. The van der Waals surface area contributed by atoms with Gasteiger partial charge in [0.15, 0.2) is 0 Å². The van der Waals surface area contributed by atoms with Crippen LogP contribution in [0, 0.1) is 5.41 Å². The van der Waals surface area contributed by atoms with Crippen molar-refractivity contribution < 1.29 is 18.0 Å². The van der Waals surface area contributed by atoms with Crippen molar-refractivity contribution in [3.63, 3.8) is 0 Å². The molecule has 0 rings (SSSR count). The van der Waals surface area contributed by atoms with Crippen molar-refractivity contribution in [2.45, 2.75) is 59.2 Å². The zero-order valence-corrected chi connectivity index (χ0v) is 12.4. The smallest absolute Gasteiger partial charge is 0.333 e. The molecule has 0 aromatic carbocycles. The van der Waals surface area contributed by atoms with Crippen LogP contribution in [0.5, 0.6) is 0 Å². The van der Waals surface area contributed by atoms with E-state index in [-0.39, 0.29) is 6.54 Å². The normalized spacial score (nSPS) is 13.5. The molecule has 0 aromatic rings. The number of halogens is 3. The molecule has 3 nitrogen and oxygen atoms in total. The largest absolute Gasteiger partial charge is 0.406 e. The van der Waals surface area contributed by atoms with Gasteiger partial charge in [0.25, 0.3) is 0 Å². The summed E-state index contributed by atoms with van der Waals surface area (Å²) in [7, 11) is 0. The zero-order chi connectivity index (χ0) is 15.5. The van der Waals surface area contributed by atoms with E-state index in [0.29, 0.717) is 6.42 Å². The standard InChI is InChI=1S/C13H25F3N2O/c1-6-7-8-18(9-13(14,15)16)10(19)11(2,3)12(4,5)17/h6-9,17H2,1-5H3. The lowest BCUT2D eigenvalue weighted by Crippen LogP contribution is -2.57. The topological polar surface area (TPSA) is 46.3 Å². The van der Waals surface area contributed by atoms with E-state index < -0.39 is 29.6 Å². The molecular weight excluding hydrogens is 257 g/mol. The SMILES string of the molecule is CCCCN(CC(F)(F)F)C(=O)C(C)(C)C(C)(C)N. The number of alkyl halides is 3. The number of carbonyl (C=O) groups is 1. The minimum atomic E-state index is -4.39. The highest BCUT2D eigenvalue weighted by molar-refractivity contribution is 5.83. The fourth-order valence-corrected chi connectivity index (χ4v) is 1.49. The van der Waals surface area contributed by atoms with Crippen LogP contribution in [0.25, 0.3) is 0 Å². The Kier molecular flexibility index (Phi) is 5.86. The zero-order valence-electron chi connectivity index (χ0n) is 12.4. The summed E-state index contributed by atoms with van der Waals surface area (Å²) in [6, 6.07) is 0. The molecule has 0 saturated carbocycles. The van der Waals surface area contributed by atoms with Crippen LogP contribution in [0.4, 0.5) is 13.2 Å². The van der Waals surface area contributed by atoms with E-state index >= 15 is 0 Å². The molecule has 0 radical (unpaired) electrons. The van der Waals surface area contributed by atoms with Crippen molar-refractivity contribution in [1.82, 2.24) is 4.90 Å². The van der Waals surface area contributed by atoms with Crippen LogP contribution in [0.2, 0.25) is 0 Å². The molecule has 0 aliphatic heterocycles. The van der Waals surface area contributed by atoms with Gasteiger partial charge in [-0.05, 0) is 34.1 Å². The number of hydrogen-bond donors (Lipinski definition) is 1. The molecular formula is C13H25F3N2O. The highest BCUT2D eigenvalue weighted by Crippen LogP contribution is 2.32. The second kappa shape index (κ2) is 6.11. The highest BCUT2D eigenvalue weighted by atomic mass is 19.4. The van der Waals surface area contributed by atoms with Crippen LogP contribution in [0.15, 0.2) is 0 Å². The molecule has 0 bridgehead atoms. The number of hydrogen-bond acceptors (Lipinski definition) is 2. The Bertz CT molecular complexity index is 306. The summed E-state index contributed by atoms with van der Waals surface area (Å²) in [6.45, 7) is 7.23. The van der Waals surface area contributed by atoms with Crippen LogP contribution in [-0.4, -0.2) is 35.6 Å². The van der Waals surface area contributed by atoms with E-state index in [1.54, 1.807) is 27.7 Å². The van der Waals surface area contributed by atoms with Crippen LogP contribution in [0.3, 0.4) is 0 Å². The van der Waals surface area contributed by atoms with Gasteiger partial charge in [0.2, 0.25) is 5.91 Å². The Hall–Kier alpha value is -0.780. The number of rotatable bonds is 6. The van der Waals surface area contributed by atoms with Gasteiger partial charge in [0.1, 0.15) is 6.54 Å². The molecule has 1 amide bonds. The quantitative estimate of drug-likeness (QED) is 0.814. The molecule has 114 valence electrons. The van der Waals surface area contributed by atoms with Crippen molar-refractivity contribution in [3.05, 3.63) is 0 Å². The van der Waals surface area contributed by atoms with Crippen LogP contribution in [-0.2, 0) is 4.79 Å². The van der Waals surface area contributed by atoms with Gasteiger partial charge in [-0.15, -0.1) is 0 Å². The van der Waals surface area contributed by atoms with Crippen LogP contribution in [0.1, 0.15) is 47.5 Å². The molecule has 0 heterocycles. The number of amides is 1. The number of nitrogens with two attached hydrogens (primary N) is 1. The summed E-state index contributed by atoms with van der Waals surface area (Å²) in [6.07, 6.45) is -3.12. The van der Waals surface area contributed by atoms with Crippen molar-refractivity contribution in [2.24, 2.45) is 11.1 Å². The molecule has 2 N–H and O–H groups in total. The van der Waals surface area contributed by atoms with Crippen molar-refractivity contribution in [1.29, 1.82) is 0 Å².